The van der Waals surface area contributed by atoms with Crippen molar-refractivity contribution in [2.24, 2.45) is 0 Å². The van der Waals surface area contributed by atoms with Crippen LogP contribution in [0.25, 0.3) is 0 Å². The van der Waals surface area contributed by atoms with Gasteiger partial charge in [0.05, 0.1) is 0 Å². The maximum atomic E-state index is 5.98. The van der Waals surface area contributed by atoms with Gasteiger partial charge in [-0.3, -0.25) is 0 Å². The van der Waals surface area contributed by atoms with E-state index in [-0.39, 0.29) is 0 Å². The molecule has 1 rings (SSSR count). The van der Waals surface area contributed by atoms with Crippen molar-refractivity contribution < 1.29 is 0 Å². The van der Waals surface area contributed by atoms with Crippen molar-refractivity contribution in [3.63, 3.8) is 0 Å². The van der Waals surface area contributed by atoms with E-state index in [2.05, 4.69) is 0 Å². The lowest BCUT2D eigenvalue weighted by atomic mass is 10.1. The number of hydrogen-bond acceptors (Lipinski definition) is 1. The molecule has 0 aliphatic rings. The van der Waals surface area contributed by atoms with Gasteiger partial charge >= 0.3 is 0 Å². The molecule has 0 saturated heterocycles. The molecule has 0 nitrogen and oxygen atoms in total. The van der Waals surface area contributed by atoms with Crippen molar-refractivity contribution in [3.05, 3.63) is 33.3 Å². The second-order valence-corrected chi connectivity index (χ2v) is 4.39. The SMILES string of the molecule is CCc1c(Cl)cc(Cl)cc1C(=S)Cl. The van der Waals surface area contributed by atoms with E-state index in [4.69, 9.17) is 47.0 Å². The molecule has 0 bridgehead atoms. The summed E-state index contributed by atoms with van der Waals surface area (Å²) in [5.74, 6) is 0. The summed E-state index contributed by atoms with van der Waals surface area (Å²) in [7, 11) is 0. The Labute approximate surface area is 97.8 Å². The molecule has 0 heterocycles. The predicted molar refractivity (Wildman–Crippen MR) is 63.4 cm³/mol. The summed E-state index contributed by atoms with van der Waals surface area (Å²) in [4.78, 5) is 0. The first kappa shape index (κ1) is 11.3. The largest absolute Gasteiger partial charge is 0.111 e. The highest BCUT2D eigenvalue weighted by Crippen LogP contribution is 2.27. The summed E-state index contributed by atoms with van der Waals surface area (Å²) < 4.78 is 0.307. The van der Waals surface area contributed by atoms with Crippen LogP contribution in [0, 0.1) is 0 Å². The molecule has 0 aliphatic carbocycles. The van der Waals surface area contributed by atoms with E-state index in [1.165, 1.54) is 0 Å². The zero-order valence-corrected chi connectivity index (χ0v) is 9.99. The fourth-order valence-corrected chi connectivity index (χ4v) is 2.12. The second kappa shape index (κ2) is 4.61. The van der Waals surface area contributed by atoms with Gasteiger partial charge in [0.2, 0.25) is 0 Å². The predicted octanol–water partition coefficient (Wildman–Crippen LogP) is 4.47. The summed E-state index contributed by atoms with van der Waals surface area (Å²) >= 11 is 22.4. The Morgan fingerprint density at radius 3 is 2.46 bits per heavy atom. The van der Waals surface area contributed by atoms with Crippen LogP contribution < -0.4 is 0 Å². The fourth-order valence-electron chi connectivity index (χ4n) is 1.14. The topological polar surface area (TPSA) is 0 Å². The van der Waals surface area contributed by atoms with Crippen LogP contribution in [0.5, 0.6) is 0 Å². The molecule has 1 aromatic carbocycles. The van der Waals surface area contributed by atoms with Crippen LogP contribution in [0.2, 0.25) is 10.0 Å². The lowest BCUT2D eigenvalue weighted by Gasteiger charge is -2.07. The van der Waals surface area contributed by atoms with Crippen molar-refractivity contribution in [2.45, 2.75) is 13.3 Å². The first-order valence-corrected chi connectivity index (χ1v) is 5.28. The molecule has 0 aliphatic heterocycles. The molecule has 70 valence electrons. The molecule has 1 aromatic rings. The molecule has 0 amide bonds. The minimum Gasteiger partial charge on any atom is -0.0843 e. The van der Waals surface area contributed by atoms with Gasteiger partial charge < -0.3 is 0 Å². The number of hydrogen-bond donors (Lipinski definition) is 0. The van der Waals surface area contributed by atoms with Crippen molar-refractivity contribution in [2.75, 3.05) is 0 Å². The van der Waals surface area contributed by atoms with Crippen LogP contribution in [0.4, 0.5) is 0 Å². The third-order valence-corrected chi connectivity index (χ3v) is 2.70. The van der Waals surface area contributed by atoms with Gasteiger partial charge in [0.25, 0.3) is 0 Å². The summed E-state index contributed by atoms with van der Waals surface area (Å²) in [6.07, 6.45) is 0.790. The summed E-state index contributed by atoms with van der Waals surface area (Å²) in [5, 5.41) is 1.17. The van der Waals surface area contributed by atoms with E-state index in [9.17, 15) is 0 Å². The number of rotatable bonds is 2. The first-order valence-electron chi connectivity index (χ1n) is 3.74. The molecule has 0 fully saturated rings. The van der Waals surface area contributed by atoms with Crippen LogP contribution in [-0.2, 0) is 6.42 Å². The second-order valence-electron chi connectivity index (χ2n) is 2.54. The van der Waals surface area contributed by atoms with Gasteiger partial charge in [-0.2, -0.15) is 0 Å². The van der Waals surface area contributed by atoms with Crippen LogP contribution >= 0.6 is 47.0 Å². The molecular weight excluding hydrogens is 247 g/mol. The highest BCUT2D eigenvalue weighted by Gasteiger charge is 2.09. The van der Waals surface area contributed by atoms with Gasteiger partial charge in [0.1, 0.15) is 4.32 Å². The standard InChI is InChI=1S/C9H7Cl3S/c1-2-6-7(9(12)13)3-5(10)4-8(6)11/h3-4H,2H2,1H3. The maximum absolute atomic E-state index is 5.98. The summed E-state index contributed by atoms with van der Waals surface area (Å²) in [6, 6.07) is 3.43. The third-order valence-electron chi connectivity index (χ3n) is 1.73. The molecule has 0 unspecified atom stereocenters. The zero-order chi connectivity index (χ0) is 10.0. The molecule has 0 radical (unpaired) electrons. The van der Waals surface area contributed by atoms with Gasteiger partial charge in [0, 0.05) is 15.6 Å². The monoisotopic (exact) mass is 252 g/mol. The van der Waals surface area contributed by atoms with E-state index in [0.717, 1.165) is 17.5 Å². The van der Waals surface area contributed by atoms with Gasteiger partial charge in [-0.25, -0.2) is 0 Å². The Bertz CT molecular complexity index is 347. The van der Waals surface area contributed by atoms with E-state index in [1.807, 2.05) is 6.92 Å². The Morgan fingerprint density at radius 1 is 1.38 bits per heavy atom. The Morgan fingerprint density at radius 2 is 2.00 bits per heavy atom. The normalized spacial score (nSPS) is 10.2. The average Bonchev–Trinajstić information content (AvgIpc) is 2.02. The van der Waals surface area contributed by atoms with Crippen molar-refractivity contribution in [1.82, 2.24) is 0 Å². The maximum Gasteiger partial charge on any atom is 0.111 e. The lowest BCUT2D eigenvalue weighted by molar-refractivity contribution is 1.14. The van der Waals surface area contributed by atoms with E-state index in [1.54, 1.807) is 12.1 Å². The lowest BCUT2D eigenvalue weighted by Crippen LogP contribution is -1.96. The van der Waals surface area contributed by atoms with Crippen LogP contribution in [-0.4, -0.2) is 4.32 Å². The highest BCUT2D eigenvalue weighted by atomic mass is 35.5. The average molecular weight is 254 g/mol. The van der Waals surface area contributed by atoms with Crippen molar-refractivity contribution >= 4 is 51.3 Å². The summed E-state index contributed by atoms with van der Waals surface area (Å²) in [5.41, 5.74) is 1.71. The highest BCUT2D eigenvalue weighted by molar-refractivity contribution is 7.83. The fraction of sp³-hybridized carbons (Fsp3) is 0.222. The number of thiocarbonyl (C=S) groups is 1. The Hall–Kier alpha value is 0.180. The van der Waals surface area contributed by atoms with Gasteiger partial charge in [-0.05, 0) is 24.1 Å². The van der Waals surface area contributed by atoms with Gasteiger partial charge in [-0.1, -0.05) is 53.9 Å². The van der Waals surface area contributed by atoms with Crippen LogP contribution in [0.3, 0.4) is 0 Å². The van der Waals surface area contributed by atoms with E-state index in [0.29, 0.717) is 14.4 Å². The molecule has 4 heteroatoms. The van der Waals surface area contributed by atoms with Crippen molar-refractivity contribution in [3.8, 4) is 0 Å². The third kappa shape index (κ3) is 2.57. The quantitative estimate of drug-likeness (QED) is 0.553. The Kier molecular flexibility index (Phi) is 3.99. The Balaban J connectivity index is 3.38. The van der Waals surface area contributed by atoms with E-state index >= 15 is 0 Å². The van der Waals surface area contributed by atoms with Gasteiger partial charge in [-0.15, -0.1) is 0 Å². The smallest absolute Gasteiger partial charge is 0.0843 e. The molecule has 0 saturated carbocycles. The summed E-state index contributed by atoms with van der Waals surface area (Å²) in [6.45, 7) is 1.99. The van der Waals surface area contributed by atoms with Gasteiger partial charge in [0.15, 0.2) is 0 Å². The molecule has 0 spiro atoms. The molecular formula is C9H7Cl3S. The molecule has 13 heavy (non-hydrogen) atoms. The first-order chi connectivity index (χ1) is 6.06. The van der Waals surface area contributed by atoms with E-state index < -0.39 is 0 Å². The molecule has 0 atom stereocenters. The van der Waals surface area contributed by atoms with Crippen LogP contribution in [0.15, 0.2) is 12.1 Å². The molecule has 0 aromatic heterocycles. The minimum atomic E-state index is 0.307. The van der Waals surface area contributed by atoms with Crippen LogP contribution in [0.1, 0.15) is 18.1 Å². The minimum absolute atomic E-state index is 0.307. The number of benzene rings is 1. The zero-order valence-electron chi connectivity index (χ0n) is 6.90. The van der Waals surface area contributed by atoms with Crippen molar-refractivity contribution in [1.29, 1.82) is 0 Å². The molecule has 0 N–H and O–H groups in total. The number of halogens is 3.